The van der Waals surface area contributed by atoms with E-state index in [-0.39, 0.29) is 12.1 Å². The van der Waals surface area contributed by atoms with Crippen LogP contribution in [-0.2, 0) is 6.54 Å². The number of carbonyl (C=O) groups excluding carboxylic acids is 1. The smallest absolute Gasteiger partial charge is 0.318 e. The summed E-state index contributed by atoms with van der Waals surface area (Å²) < 4.78 is 2.21. The van der Waals surface area contributed by atoms with E-state index in [0.717, 1.165) is 33.9 Å². The highest BCUT2D eigenvalue weighted by Crippen LogP contribution is 2.34. The second-order valence-corrected chi connectivity index (χ2v) is 7.53. The highest BCUT2D eigenvalue weighted by atomic mass is 32.2. The number of rotatable bonds is 3. The Morgan fingerprint density at radius 1 is 1.15 bits per heavy atom. The first kappa shape index (κ1) is 17.7. The van der Waals surface area contributed by atoms with Gasteiger partial charge in [-0.25, -0.2) is 4.79 Å². The largest absolute Gasteiger partial charge is 0.322 e. The summed E-state index contributed by atoms with van der Waals surface area (Å²) in [5.74, 6) is 0. The number of benzene rings is 2. The number of anilines is 1. The lowest BCUT2D eigenvalue weighted by atomic mass is 10.1. The topological polar surface area (TPSA) is 37.3 Å². The molecule has 0 bridgehead atoms. The first-order chi connectivity index (χ1) is 13.2. The summed E-state index contributed by atoms with van der Waals surface area (Å²) >= 11 is 1.67. The Bertz CT molecular complexity index is 965. The minimum absolute atomic E-state index is 0.0242. The standard InChI is InChI=1S/C22H23N3OS/c1-3-19-21-12-7-13-24(21)20-11-5-4-8-16(20)15-25(19)22(26)23-17-9-6-10-18(14-17)27-2/h4-14,19H,3,15H2,1-2H3,(H,23,26)/t19-/m1/s1. The highest BCUT2D eigenvalue weighted by Gasteiger charge is 2.30. The molecule has 1 atom stereocenters. The van der Waals surface area contributed by atoms with Gasteiger partial charge >= 0.3 is 6.03 Å². The zero-order valence-electron chi connectivity index (χ0n) is 15.6. The van der Waals surface area contributed by atoms with E-state index in [1.165, 1.54) is 0 Å². The van der Waals surface area contributed by atoms with E-state index in [0.29, 0.717) is 6.54 Å². The molecule has 2 heterocycles. The van der Waals surface area contributed by atoms with Crippen molar-refractivity contribution >= 4 is 23.5 Å². The second kappa shape index (κ2) is 7.53. The maximum atomic E-state index is 13.2. The average molecular weight is 378 g/mol. The van der Waals surface area contributed by atoms with Crippen molar-refractivity contribution in [2.45, 2.75) is 30.8 Å². The van der Waals surface area contributed by atoms with E-state index < -0.39 is 0 Å². The summed E-state index contributed by atoms with van der Waals surface area (Å²) in [5.41, 5.74) is 4.28. The lowest BCUT2D eigenvalue weighted by molar-refractivity contribution is 0.181. The van der Waals surface area contributed by atoms with Crippen molar-refractivity contribution in [1.29, 1.82) is 0 Å². The average Bonchev–Trinajstić information content (AvgIpc) is 3.12. The number of urea groups is 1. The van der Waals surface area contributed by atoms with Crippen LogP contribution in [0.2, 0.25) is 0 Å². The fourth-order valence-electron chi connectivity index (χ4n) is 3.76. The van der Waals surface area contributed by atoms with E-state index in [4.69, 9.17) is 0 Å². The fourth-order valence-corrected chi connectivity index (χ4v) is 4.22. The quantitative estimate of drug-likeness (QED) is 0.595. The van der Waals surface area contributed by atoms with Crippen molar-refractivity contribution in [3.63, 3.8) is 0 Å². The number of hydrogen-bond donors (Lipinski definition) is 1. The maximum Gasteiger partial charge on any atom is 0.322 e. The van der Waals surface area contributed by atoms with Gasteiger partial charge in [-0.05, 0) is 54.6 Å². The van der Waals surface area contributed by atoms with Crippen LogP contribution in [0.25, 0.3) is 5.69 Å². The Balaban J connectivity index is 1.70. The van der Waals surface area contributed by atoms with Gasteiger partial charge in [0.25, 0.3) is 0 Å². The van der Waals surface area contributed by atoms with Crippen molar-refractivity contribution in [2.24, 2.45) is 0 Å². The SMILES string of the molecule is CC[C@@H]1c2cccn2-c2ccccc2CN1C(=O)Nc1cccc(SC)c1. The molecule has 4 rings (SSSR count). The molecule has 0 spiro atoms. The van der Waals surface area contributed by atoms with Crippen LogP contribution in [0.1, 0.15) is 30.6 Å². The number of aromatic nitrogens is 1. The maximum absolute atomic E-state index is 13.2. The van der Waals surface area contributed by atoms with E-state index in [2.05, 4.69) is 47.3 Å². The van der Waals surface area contributed by atoms with Crippen molar-refractivity contribution in [2.75, 3.05) is 11.6 Å². The van der Waals surface area contributed by atoms with Crippen LogP contribution in [0, 0.1) is 0 Å². The van der Waals surface area contributed by atoms with E-state index in [1.54, 1.807) is 11.8 Å². The molecule has 27 heavy (non-hydrogen) atoms. The summed E-state index contributed by atoms with van der Waals surface area (Å²) in [7, 11) is 0. The first-order valence-corrected chi connectivity index (χ1v) is 10.4. The number of nitrogens with one attached hydrogen (secondary N) is 1. The molecular weight excluding hydrogens is 354 g/mol. The van der Waals surface area contributed by atoms with Gasteiger partial charge in [0.2, 0.25) is 0 Å². The molecule has 3 aromatic rings. The molecule has 0 saturated carbocycles. The Kier molecular flexibility index (Phi) is 4.94. The van der Waals surface area contributed by atoms with Crippen molar-refractivity contribution in [3.8, 4) is 5.69 Å². The zero-order valence-corrected chi connectivity index (χ0v) is 16.4. The number of carbonyl (C=O) groups is 1. The number of amides is 2. The van der Waals surface area contributed by atoms with Crippen LogP contribution >= 0.6 is 11.8 Å². The molecule has 0 unspecified atom stereocenters. The molecule has 0 radical (unpaired) electrons. The highest BCUT2D eigenvalue weighted by molar-refractivity contribution is 7.98. The van der Waals surface area contributed by atoms with Crippen LogP contribution in [-0.4, -0.2) is 21.8 Å². The molecule has 4 nitrogen and oxygen atoms in total. The van der Waals surface area contributed by atoms with Gasteiger partial charge in [0, 0.05) is 22.5 Å². The molecule has 1 N–H and O–H groups in total. The van der Waals surface area contributed by atoms with Crippen LogP contribution in [0.4, 0.5) is 10.5 Å². The minimum Gasteiger partial charge on any atom is -0.318 e. The van der Waals surface area contributed by atoms with Crippen LogP contribution < -0.4 is 5.32 Å². The third kappa shape index (κ3) is 3.35. The van der Waals surface area contributed by atoms with E-state index in [9.17, 15) is 4.79 Å². The summed E-state index contributed by atoms with van der Waals surface area (Å²) in [4.78, 5) is 16.3. The van der Waals surface area contributed by atoms with Crippen molar-refractivity contribution < 1.29 is 4.79 Å². The third-order valence-electron chi connectivity index (χ3n) is 5.06. The Morgan fingerprint density at radius 2 is 2.00 bits per heavy atom. The van der Waals surface area contributed by atoms with Gasteiger partial charge in [-0.15, -0.1) is 11.8 Å². The van der Waals surface area contributed by atoms with E-state index in [1.807, 2.05) is 47.6 Å². The van der Waals surface area contributed by atoms with Crippen molar-refractivity contribution in [3.05, 3.63) is 78.1 Å². The zero-order chi connectivity index (χ0) is 18.8. The summed E-state index contributed by atoms with van der Waals surface area (Å²) in [6.07, 6.45) is 4.98. The second-order valence-electron chi connectivity index (χ2n) is 6.65. The monoisotopic (exact) mass is 377 g/mol. The number of fused-ring (bicyclic) bond motifs is 3. The normalized spacial score (nSPS) is 15.6. The van der Waals surface area contributed by atoms with Gasteiger partial charge in [-0.2, -0.15) is 0 Å². The fraction of sp³-hybridized carbons (Fsp3) is 0.227. The van der Waals surface area contributed by atoms with Gasteiger partial charge < -0.3 is 14.8 Å². The van der Waals surface area contributed by atoms with Crippen LogP contribution in [0.15, 0.2) is 71.8 Å². The van der Waals surface area contributed by atoms with E-state index >= 15 is 0 Å². The summed E-state index contributed by atoms with van der Waals surface area (Å²) in [6.45, 7) is 2.72. The summed E-state index contributed by atoms with van der Waals surface area (Å²) in [5, 5.41) is 3.10. The van der Waals surface area contributed by atoms with Gasteiger partial charge in [-0.3, -0.25) is 0 Å². The van der Waals surface area contributed by atoms with Gasteiger partial charge in [0.05, 0.1) is 18.3 Å². The minimum atomic E-state index is -0.0652. The molecule has 0 saturated heterocycles. The van der Waals surface area contributed by atoms with Crippen molar-refractivity contribution in [1.82, 2.24) is 9.47 Å². The number of nitrogens with zero attached hydrogens (tertiary/aromatic N) is 2. The molecule has 5 heteroatoms. The molecule has 0 aliphatic carbocycles. The Hall–Kier alpha value is -2.66. The molecule has 2 amide bonds. The molecular formula is C22H23N3OS. The van der Waals surface area contributed by atoms with Crippen LogP contribution in [0.5, 0.6) is 0 Å². The number of hydrogen-bond acceptors (Lipinski definition) is 2. The Labute approximate surface area is 164 Å². The van der Waals surface area contributed by atoms with Gasteiger partial charge in [-0.1, -0.05) is 31.2 Å². The number of thioether (sulfide) groups is 1. The first-order valence-electron chi connectivity index (χ1n) is 9.18. The Morgan fingerprint density at radius 3 is 2.81 bits per heavy atom. The van der Waals surface area contributed by atoms with Gasteiger partial charge in [0.15, 0.2) is 0 Å². The molecule has 1 aliphatic rings. The molecule has 138 valence electrons. The lowest BCUT2D eigenvalue weighted by Gasteiger charge is -2.29. The summed E-state index contributed by atoms with van der Waals surface area (Å²) in [6, 6.07) is 20.4. The van der Waals surface area contributed by atoms with Gasteiger partial charge in [0.1, 0.15) is 0 Å². The predicted octanol–water partition coefficient (Wildman–Crippen LogP) is 5.70. The third-order valence-corrected chi connectivity index (χ3v) is 5.78. The lowest BCUT2D eigenvalue weighted by Crippen LogP contribution is -2.37. The molecule has 1 aliphatic heterocycles. The van der Waals surface area contributed by atoms with Crippen LogP contribution in [0.3, 0.4) is 0 Å². The number of para-hydroxylation sites is 1. The predicted molar refractivity (Wildman–Crippen MR) is 112 cm³/mol. The molecule has 0 fully saturated rings. The molecule has 2 aromatic carbocycles. The molecule has 1 aromatic heterocycles.